The van der Waals surface area contributed by atoms with Gasteiger partial charge in [0.1, 0.15) is 0 Å². The maximum atomic E-state index is 8.84. The molecule has 48 valence electrons. The van der Waals surface area contributed by atoms with Crippen LogP contribution in [0, 0.1) is 5.92 Å². The zero-order valence-electron chi connectivity index (χ0n) is 5.26. The van der Waals surface area contributed by atoms with Crippen LogP contribution in [0.25, 0.3) is 0 Å². The molecule has 0 unspecified atom stereocenters. The Kier molecular flexibility index (Phi) is 2.19. The van der Waals surface area contributed by atoms with Crippen molar-refractivity contribution in [3.63, 3.8) is 0 Å². The molecule has 0 bridgehead atoms. The molecule has 0 amide bonds. The molecule has 0 fully saturated rings. The van der Waals surface area contributed by atoms with E-state index in [9.17, 15) is 0 Å². The van der Waals surface area contributed by atoms with E-state index in [0.29, 0.717) is 0 Å². The Balaban J connectivity index is 3.90. The van der Waals surface area contributed by atoms with Crippen molar-refractivity contribution in [1.29, 1.82) is 0 Å². The van der Waals surface area contributed by atoms with Gasteiger partial charge in [0.05, 0.1) is 0 Å². The predicted octanol–water partition coefficient (Wildman–Crippen LogP) is 0.509. The van der Waals surface area contributed by atoms with E-state index in [1.54, 1.807) is 13.8 Å². The van der Waals surface area contributed by atoms with Gasteiger partial charge in [0.15, 0.2) is 5.79 Å². The van der Waals surface area contributed by atoms with E-state index < -0.39 is 5.79 Å². The summed E-state index contributed by atoms with van der Waals surface area (Å²) in [5.74, 6) is -1.89. The van der Waals surface area contributed by atoms with Crippen LogP contribution in [0.15, 0.2) is 12.7 Å². The van der Waals surface area contributed by atoms with Gasteiger partial charge in [0.2, 0.25) is 0 Å². The van der Waals surface area contributed by atoms with E-state index in [1.165, 1.54) is 0 Å². The topological polar surface area (TPSA) is 40.5 Å². The first kappa shape index (κ1) is 7.66. The minimum atomic E-state index is -1.69. The summed E-state index contributed by atoms with van der Waals surface area (Å²) in [7, 11) is 0. The van der Waals surface area contributed by atoms with Gasteiger partial charge >= 0.3 is 0 Å². The molecule has 0 heterocycles. The van der Waals surface area contributed by atoms with Crippen LogP contribution in [-0.4, -0.2) is 16.0 Å². The van der Waals surface area contributed by atoms with Gasteiger partial charge in [-0.2, -0.15) is 0 Å². The van der Waals surface area contributed by atoms with Gasteiger partial charge < -0.3 is 10.2 Å². The quantitative estimate of drug-likeness (QED) is 0.407. The van der Waals surface area contributed by atoms with Gasteiger partial charge in [-0.1, -0.05) is 20.4 Å². The standard InChI is InChI=1S/C6H12O2/c1-4-6(7,8)5(2)3/h4-5,7-8H,1H2,2-3H3. The monoisotopic (exact) mass is 116 g/mol. The van der Waals surface area contributed by atoms with Gasteiger partial charge in [-0.25, -0.2) is 0 Å². The Morgan fingerprint density at radius 2 is 1.88 bits per heavy atom. The highest BCUT2D eigenvalue weighted by atomic mass is 16.5. The van der Waals surface area contributed by atoms with E-state index in [1.807, 2.05) is 0 Å². The summed E-state index contributed by atoms with van der Waals surface area (Å²) in [6.45, 7) is 6.67. The molecular formula is C6H12O2. The van der Waals surface area contributed by atoms with E-state index in [-0.39, 0.29) is 5.92 Å². The zero-order chi connectivity index (χ0) is 6.78. The van der Waals surface area contributed by atoms with E-state index in [4.69, 9.17) is 10.2 Å². The van der Waals surface area contributed by atoms with Gasteiger partial charge in [-0.15, -0.1) is 0 Å². The van der Waals surface area contributed by atoms with Gasteiger partial charge in [-0.05, 0) is 6.08 Å². The molecule has 0 aliphatic carbocycles. The molecule has 2 nitrogen and oxygen atoms in total. The summed E-state index contributed by atoms with van der Waals surface area (Å²) in [6, 6.07) is 0. The largest absolute Gasteiger partial charge is 0.362 e. The molecule has 0 aromatic carbocycles. The molecule has 8 heavy (non-hydrogen) atoms. The molecule has 0 saturated heterocycles. The highest BCUT2D eigenvalue weighted by molar-refractivity contribution is 4.87. The molecule has 0 atom stereocenters. The van der Waals surface area contributed by atoms with E-state index in [2.05, 4.69) is 6.58 Å². The molecule has 0 aliphatic rings. The molecular weight excluding hydrogens is 104 g/mol. The number of hydrogen-bond donors (Lipinski definition) is 2. The van der Waals surface area contributed by atoms with Crippen LogP contribution >= 0.6 is 0 Å². The second-order valence-corrected chi connectivity index (χ2v) is 2.14. The van der Waals surface area contributed by atoms with Gasteiger partial charge in [-0.3, -0.25) is 0 Å². The number of rotatable bonds is 2. The first-order valence-electron chi connectivity index (χ1n) is 2.59. The lowest BCUT2D eigenvalue weighted by Crippen LogP contribution is -2.31. The summed E-state index contributed by atoms with van der Waals surface area (Å²) in [6.07, 6.45) is 1.12. The normalized spacial score (nSPS) is 12.1. The lowest BCUT2D eigenvalue weighted by molar-refractivity contribution is -0.150. The maximum absolute atomic E-state index is 8.84. The Hall–Kier alpha value is -0.340. The molecule has 0 radical (unpaired) electrons. The second kappa shape index (κ2) is 2.29. The van der Waals surface area contributed by atoms with Crippen LogP contribution in [0.5, 0.6) is 0 Å². The summed E-state index contributed by atoms with van der Waals surface area (Å²) < 4.78 is 0. The fourth-order valence-electron chi connectivity index (χ4n) is 0.236. The third kappa shape index (κ3) is 1.64. The summed E-state index contributed by atoms with van der Waals surface area (Å²) in [4.78, 5) is 0. The summed E-state index contributed by atoms with van der Waals surface area (Å²) in [5, 5.41) is 17.7. The number of aliphatic hydroxyl groups is 2. The molecule has 0 aromatic rings. The molecule has 0 aliphatic heterocycles. The first-order chi connectivity index (χ1) is 3.50. The average Bonchev–Trinajstić information content (AvgIpc) is 1.67. The Bertz CT molecular complexity index is 84.5. The lowest BCUT2D eigenvalue weighted by atomic mass is 10.0. The maximum Gasteiger partial charge on any atom is 0.184 e. The Morgan fingerprint density at radius 3 is 1.88 bits per heavy atom. The SMILES string of the molecule is C=CC(O)(O)C(C)C. The summed E-state index contributed by atoms with van der Waals surface area (Å²) in [5.41, 5.74) is 0. The smallest absolute Gasteiger partial charge is 0.184 e. The minimum Gasteiger partial charge on any atom is -0.362 e. The van der Waals surface area contributed by atoms with Crippen molar-refractivity contribution >= 4 is 0 Å². The summed E-state index contributed by atoms with van der Waals surface area (Å²) >= 11 is 0. The van der Waals surface area contributed by atoms with E-state index in [0.717, 1.165) is 6.08 Å². The van der Waals surface area contributed by atoms with Crippen LogP contribution < -0.4 is 0 Å². The minimum absolute atomic E-state index is 0.194. The van der Waals surface area contributed by atoms with E-state index >= 15 is 0 Å². The van der Waals surface area contributed by atoms with Crippen molar-refractivity contribution < 1.29 is 10.2 Å². The van der Waals surface area contributed by atoms with Crippen molar-refractivity contribution in [2.24, 2.45) is 5.92 Å². The third-order valence-electron chi connectivity index (χ3n) is 1.15. The fourth-order valence-corrected chi connectivity index (χ4v) is 0.236. The van der Waals surface area contributed by atoms with Crippen LogP contribution in [0.2, 0.25) is 0 Å². The number of hydrogen-bond acceptors (Lipinski definition) is 2. The fraction of sp³-hybridized carbons (Fsp3) is 0.667. The molecule has 0 spiro atoms. The Morgan fingerprint density at radius 1 is 1.50 bits per heavy atom. The lowest BCUT2D eigenvalue weighted by Gasteiger charge is -2.20. The molecule has 2 heteroatoms. The molecule has 2 N–H and O–H groups in total. The molecule has 0 saturated carbocycles. The first-order valence-corrected chi connectivity index (χ1v) is 2.59. The molecule has 0 aromatic heterocycles. The second-order valence-electron chi connectivity index (χ2n) is 2.14. The Labute approximate surface area is 49.5 Å². The van der Waals surface area contributed by atoms with Crippen LogP contribution in [-0.2, 0) is 0 Å². The average molecular weight is 116 g/mol. The van der Waals surface area contributed by atoms with Gasteiger partial charge in [0.25, 0.3) is 0 Å². The van der Waals surface area contributed by atoms with Crippen LogP contribution in [0.4, 0.5) is 0 Å². The highest BCUT2D eigenvalue weighted by Gasteiger charge is 2.21. The predicted molar refractivity (Wildman–Crippen MR) is 32.2 cm³/mol. The van der Waals surface area contributed by atoms with Crippen molar-refractivity contribution in [2.75, 3.05) is 0 Å². The highest BCUT2D eigenvalue weighted by Crippen LogP contribution is 2.12. The van der Waals surface area contributed by atoms with Crippen molar-refractivity contribution in [3.8, 4) is 0 Å². The van der Waals surface area contributed by atoms with Crippen molar-refractivity contribution in [3.05, 3.63) is 12.7 Å². The zero-order valence-corrected chi connectivity index (χ0v) is 5.26. The third-order valence-corrected chi connectivity index (χ3v) is 1.15. The van der Waals surface area contributed by atoms with Crippen molar-refractivity contribution in [1.82, 2.24) is 0 Å². The molecule has 0 rings (SSSR count). The van der Waals surface area contributed by atoms with Crippen LogP contribution in [0.1, 0.15) is 13.8 Å². The van der Waals surface area contributed by atoms with Gasteiger partial charge in [0, 0.05) is 5.92 Å². The van der Waals surface area contributed by atoms with Crippen LogP contribution in [0.3, 0.4) is 0 Å². The van der Waals surface area contributed by atoms with Crippen molar-refractivity contribution in [2.45, 2.75) is 19.6 Å².